The molecule has 2 aromatic rings. The topological polar surface area (TPSA) is 62.7 Å². The van der Waals surface area contributed by atoms with Crippen LogP contribution in [0.5, 0.6) is 0 Å². The van der Waals surface area contributed by atoms with Gasteiger partial charge in [0.15, 0.2) is 0 Å². The molecule has 1 heterocycles. The third-order valence-electron chi connectivity index (χ3n) is 2.78. The summed E-state index contributed by atoms with van der Waals surface area (Å²) < 4.78 is 39.0. The Morgan fingerprint density at radius 1 is 1.20 bits per heavy atom. The standard InChI is InChI=1S/C14H10F3N3/c15-14(16,17)12-4-2-1-3-10(12)11-7-9(5-6-18)8-20-13(11)19/h1-4,7-8H,5H2,(H2,19,20). The van der Waals surface area contributed by atoms with Crippen molar-refractivity contribution in [3.8, 4) is 17.2 Å². The van der Waals surface area contributed by atoms with Crippen molar-refractivity contribution in [1.82, 2.24) is 4.98 Å². The minimum atomic E-state index is -4.48. The fraction of sp³-hybridized carbons (Fsp3) is 0.143. The van der Waals surface area contributed by atoms with Crippen molar-refractivity contribution in [1.29, 1.82) is 5.26 Å². The van der Waals surface area contributed by atoms with E-state index in [0.29, 0.717) is 5.56 Å². The number of hydrogen-bond donors (Lipinski definition) is 1. The molecule has 0 bridgehead atoms. The molecular formula is C14H10F3N3. The molecule has 0 saturated carbocycles. The molecule has 1 aromatic carbocycles. The predicted molar refractivity (Wildman–Crippen MR) is 68.4 cm³/mol. The molecule has 0 aliphatic heterocycles. The first-order valence-electron chi connectivity index (χ1n) is 5.71. The lowest BCUT2D eigenvalue weighted by molar-refractivity contribution is -0.137. The molecule has 0 aliphatic rings. The number of rotatable bonds is 2. The van der Waals surface area contributed by atoms with Crippen molar-refractivity contribution in [2.24, 2.45) is 0 Å². The quantitative estimate of drug-likeness (QED) is 0.914. The van der Waals surface area contributed by atoms with E-state index in [2.05, 4.69) is 4.98 Å². The number of benzene rings is 1. The SMILES string of the molecule is N#CCc1cnc(N)c(-c2ccccc2C(F)(F)F)c1. The number of alkyl halides is 3. The zero-order chi connectivity index (χ0) is 14.8. The van der Waals surface area contributed by atoms with E-state index < -0.39 is 11.7 Å². The summed E-state index contributed by atoms with van der Waals surface area (Å²) in [5, 5.41) is 8.65. The van der Waals surface area contributed by atoms with Crippen molar-refractivity contribution >= 4 is 5.82 Å². The van der Waals surface area contributed by atoms with E-state index in [1.807, 2.05) is 6.07 Å². The van der Waals surface area contributed by atoms with Crippen LogP contribution >= 0.6 is 0 Å². The summed E-state index contributed by atoms with van der Waals surface area (Å²) in [6, 6.07) is 8.54. The van der Waals surface area contributed by atoms with Crippen LogP contribution in [0, 0.1) is 11.3 Å². The summed E-state index contributed by atoms with van der Waals surface area (Å²) in [5.41, 5.74) is 5.56. The van der Waals surface area contributed by atoms with Gasteiger partial charge in [-0.25, -0.2) is 4.98 Å². The number of nitrogen functional groups attached to an aromatic ring is 1. The third-order valence-corrected chi connectivity index (χ3v) is 2.78. The lowest BCUT2D eigenvalue weighted by atomic mass is 9.98. The largest absolute Gasteiger partial charge is 0.417 e. The van der Waals surface area contributed by atoms with E-state index in [1.165, 1.54) is 30.5 Å². The predicted octanol–water partition coefficient (Wildman–Crippen LogP) is 3.42. The number of anilines is 1. The smallest absolute Gasteiger partial charge is 0.383 e. The molecule has 0 atom stereocenters. The Morgan fingerprint density at radius 2 is 1.90 bits per heavy atom. The highest BCUT2D eigenvalue weighted by atomic mass is 19.4. The van der Waals surface area contributed by atoms with Gasteiger partial charge in [-0.05, 0) is 23.3 Å². The maximum absolute atomic E-state index is 13.0. The van der Waals surface area contributed by atoms with Crippen molar-refractivity contribution < 1.29 is 13.2 Å². The molecule has 0 fully saturated rings. The number of hydrogen-bond acceptors (Lipinski definition) is 3. The number of nitriles is 1. The number of pyridine rings is 1. The molecule has 3 nitrogen and oxygen atoms in total. The van der Waals surface area contributed by atoms with Gasteiger partial charge in [-0.2, -0.15) is 18.4 Å². The average molecular weight is 277 g/mol. The maximum Gasteiger partial charge on any atom is 0.417 e. The Morgan fingerprint density at radius 3 is 2.55 bits per heavy atom. The molecule has 102 valence electrons. The normalized spacial score (nSPS) is 11.1. The fourth-order valence-electron chi connectivity index (χ4n) is 1.89. The molecule has 20 heavy (non-hydrogen) atoms. The van der Waals surface area contributed by atoms with Crippen LogP contribution in [0.15, 0.2) is 36.5 Å². The van der Waals surface area contributed by atoms with Crippen molar-refractivity contribution in [2.45, 2.75) is 12.6 Å². The van der Waals surface area contributed by atoms with Crippen LogP contribution in [0.2, 0.25) is 0 Å². The Kier molecular flexibility index (Phi) is 3.61. The van der Waals surface area contributed by atoms with Gasteiger partial charge < -0.3 is 5.73 Å². The number of aromatic nitrogens is 1. The Balaban J connectivity index is 2.63. The molecule has 2 N–H and O–H groups in total. The summed E-state index contributed by atoms with van der Waals surface area (Å²) in [6.07, 6.45) is -3.03. The number of halogens is 3. The maximum atomic E-state index is 13.0. The minimum absolute atomic E-state index is 0.00314. The summed E-state index contributed by atoms with van der Waals surface area (Å²) >= 11 is 0. The monoisotopic (exact) mass is 277 g/mol. The van der Waals surface area contributed by atoms with E-state index in [1.54, 1.807) is 0 Å². The zero-order valence-corrected chi connectivity index (χ0v) is 10.3. The summed E-state index contributed by atoms with van der Waals surface area (Å²) in [7, 11) is 0. The molecule has 6 heteroatoms. The van der Waals surface area contributed by atoms with Crippen LogP contribution in [0.3, 0.4) is 0 Å². The van der Waals surface area contributed by atoms with Crippen molar-refractivity contribution in [3.63, 3.8) is 0 Å². The molecule has 0 saturated heterocycles. The second-order valence-electron chi connectivity index (χ2n) is 4.15. The zero-order valence-electron chi connectivity index (χ0n) is 10.3. The Hall–Kier alpha value is -2.55. The molecule has 0 spiro atoms. The highest BCUT2D eigenvalue weighted by Gasteiger charge is 2.33. The second kappa shape index (κ2) is 5.21. The molecule has 2 rings (SSSR count). The first-order valence-corrected chi connectivity index (χ1v) is 5.71. The van der Waals surface area contributed by atoms with Crippen LogP contribution in [0.1, 0.15) is 11.1 Å². The van der Waals surface area contributed by atoms with E-state index in [0.717, 1.165) is 6.07 Å². The van der Waals surface area contributed by atoms with Crippen LogP contribution in [0.4, 0.5) is 19.0 Å². The van der Waals surface area contributed by atoms with Gasteiger partial charge >= 0.3 is 6.18 Å². The van der Waals surface area contributed by atoms with E-state index in [9.17, 15) is 13.2 Å². The number of nitrogens with zero attached hydrogens (tertiary/aromatic N) is 2. The van der Waals surface area contributed by atoms with Crippen molar-refractivity contribution in [2.75, 3.05) is 5.73 Å². The fourth-order valence-corrected chi connectivity index (χ4v) is 1.89. The van der Waals surface area contributed by atoms with Gasteiger partial charge in [0.2, 0.25) is 0 Å². The van der Waals surface area contributed by atoms with Crippen LogP contribution < -0.4 is 5.73 Å². The van der Waals surface area contributed by atoms with Gasteiger partial charge in [-0.3, -0.25) is 0 Å². The van der Waals surface area contributed by atoms with Crippen molar-refractivity contribution in [3.05, 3.63) is 47.7 Å². The summed E-state index contributed by atoms with van der Waals surface area (Å²) in [6.45, 7) is 0. The van der Waals surface area contributed by atoms with E-state index in [-0.39, 0.29) is 23.4 Å². The first-order chi connectivity index (χ1) is 9.43. The van der Waals surface area contributed by atoms with Gasteiger partial charge in [-0.1, -0.05) is 18.2 Å². The molecule has 0 radical (unpaired) electrons. The Bertz CT molecular complexity index is 672. The third kappa shape index (κ3) is 2.72. The lowest BCUT2D eigenvalue weighted by Gasteiger charge is -2.14. The second-order valence-corrected chi connectivity index (χ2v) is 4.15. The highest BCUT2D eigenvalue weighted by Crippen LogP contribution is 2.38. The van der Waals surface area contributed by atoms with E-state index in [4.69, 9.17) is 11.0 Å². The lowest BCUT2D eigenvalue weighted by Crippen LogP contribution is -2.08. The van der Waals surface area contributed by atoms with Gasteiger partial charge in [0.25, 0.3) is 0 Å². The molecular weight excluding hydrogens is 267 g/mol. The van der Waals surface area contributed by atoms with Crippen LogP contribution in [-0.2, 0) is 12.6 Å². The van der Waals surface area contributed by atoms with Gasteiger partial charge in [0.1, 0.15) is 5.82 Å². The average Bonchev–Trinajstić information content (AvgIpc) is 2.40. The molecule has 0 aliphatic carbocycles. The van der Waals surface area contributed by atoms with Gasteiger partial charge in [0, 0.05) is 11.8 Å². The van der Waals surface area contributed by atoms with E-state index >= 15 is 0 Å². The summed E-state index contributed by atoms with van der Waals surface area (Å²) in [4.78, 5) is 3.86. The highest BCUT2D eigenvalue weighted by molar-refractivity contribution is 5.77. The summed E-state index contributed by atoms with van der Waals surface area (Å²) in [5.74, 6) is 0.00314. The van der Waals surface area contributed by atoms with Gasteiger partial charge in [-0.15, -0.1) is 0 Å². The van der Waals surface area contributed by atoms with Crippen LogP contribution in [-0.4, -0.2) is 4.98 Å². The molecule has 0 unspecified atom stereocenters. The first kappa shape index (κ1) is 13.9. The minimum Gasteiger partial charge on any atom is -0.383 e. The Labute approximate surface area is 113 Å². The number of nitrogens with two attached hydrogens (primary N) is 1. The van der Waals surface area contributed by atoms with Gasteiger partial charge in [0.05, 0.1) is 18.1 Å². The van der Waals surface area contributed by atoms with Crippen LogP contribution in [0.25, 0.3) is 11.1 Å². The molecule has 1 aromatic heterocycles. The molecule has 0 amide bonds.